The Morgan fingerprint density at radius 3 is 2.60 bits per heavy atom. The van der Waals surface area contributed by atoms with Crippen LogP contribution in [0.3, 0.4) is 0 Å². The smallest absolute Gasteiger partial charge is 0.331 e. The average molecular weight is 343 g/mol. The molecule has 2 aliphatic heterocycles. The number of hydrogen-bond donors (Lipinski definition) is 1. The summed E-state index contributed by atoms with van der Waals surface area (Å²) in [5, 5.41) is 13.8. The van der Waals surface area contributed by atoms with Gasteiger partial charge in [-0.15, -0.1) is 0 Å². The Labute approximate surface area is 143 Å². The summed E-state index contributed by atoms with van der Waals surface area (Å²) in [7, 11) is 0. The lowest BCUT2D eigenvalue weighted by Crippen LogP contribution is -2.52. The number of hydrogen-bond acceptors (Lipinski definition) is 5. The van der Waals surface area contributed by atoms with E-state index in [1.807, 2.05) is 0 Å². The van der Waals surface area contributed by atoms with Crippen molar-refractivity contribution in [2.45, 2.75) is 18.4 Å². The predicted octanol–water partition coefficient (Wildman–Crippen LogP) is 1.33. The maximum atomic E-state index is 12.7. The van der Waals surface area contributed by atoms with Gasteiger partial charge in [0.15, 0.2) is 17.0 Å². The van der Waals surface area contributed by atoms with Crippen molar-refractivity contribution in [3.05, 3.63) is 42.2 Å². The molecule has 1 aromatic carbocycles. The van der Waals surface area contributed by atoms with Crippen molar-refractivity contribution in [3.8, 4) is 11.5 Å². The zero-order valence-corrected chi connectivity index (χ0v) is 13.4. The Hall–Kier alpha value is -3.03. The summed E-state index contributed by atoms with van der Waals surface area (Å²) >= 11 is 0. The van der Waals surface area contributed by atoms with E-state index in [0.717, 1.165) is 0 Å². The van der Waals surface area contributed by atoms with Gasteiger partial charge >= 0.3 is 5.97 Å². The normalized spacial score (nSPS) is 18.2. The standard InChI is InChI=1S/C17H17N3O5/c21-15(12-2-3-13-14(10-12)25-11-24-13)19-8-4-17(5-9-19,16(22)23)20-7-1-6-18-20/h1-3,6-7,10H,4-5,8-9,11H2,(H,22,23). The number of aromatic nitrogens is 2. The van der Waals surface area contributed by atoms with E-state index in [4.69, 9.17) is 9.47 Å². The maximum Gasteiger partial charge on any atom is 0.331 e. The molecule has 0 atom stereocenters. The van der Waals surface area contributed by atoms with Crippen LogP contribution in [0, 0.1) is 0 Å². The first-order valence-electron chi connectivity index (χ1n) is 8.03. The fourth-order valence-corrected chi connectivity index (χ4v) is 3.35. The molecule has 0 aliphatic carbocycles. The summed E-state index contributed by atoms with van der Waals surface area (Å²) in [5.74, 6) is 0.113. The predicted molar refractivity (Wildman–Crippen MR) is 85.5 cm³/mol. The molecule has 8 heteroatoms. The number of benzene rings is 1. The van der Waals surface area contributed by atoms with Crippen molar-refractivity contribution in [2.75, 3.05) is 19.9 Å². The topological polar surface area (TPSA) is 93.9 Å². The molecule has 3 heterocycles. The molecular formula is C17H17N3O5. The molecular weight excluding hydrogens is 326 g/mol. The Balaban J connectivity index is 1.51. The summed E-state index contributed by atoms with van der Waals surface area (Å²) < 4.78 is 12.0. The summed E-state index contributed by atoms with van der Waals surface area (Å²) in [6.07, 6.45) is 3.83. The summed E-state index contributed by atoms with van der Waals surface area (Å²) in [6, 6.07) is 6.78. The average Bonchev–Trinajstić information content (AvgIpc) is 3.32. The fraction of sp³-hybridized carbons (Fsp3) is 0.353. The number of ether oxygens (including phenoxy) is 2. The lowest BCUT2D eigenvalue weighted by Gasteiger charge is -2.39. The third-order valence-electron chi connectivity index (χ3n) is 4.84. The number of rotatable bonds is 3. The van der Waals surface area contributed by atoms with Crippen molar-refractivity contribution in [2.24, 2.45) is 0 Å². The first-order chi connectivity index (χ1) is 12.1. The minimum absolute atomic E-state index is 0.141. The Morgan fingerprint density at radius 2 is 1.92 bits per heavy atom. The molecule has 25 heavy (non-hydrogen) atoms. The van der Waals surface area contributed by atoms with Crippen LogP contribution in [0.5, 0.6) is 11.5 Å². The number of amides is 1. The zero-order chi connectivity index (χ0) is 17.4. The second kappa shape index (κ2) is 5.80. The maximum absolute atomic E-state index is 12.7. The highest BCUT2D eigenvalue weighted by Gasteiger charge is 2.44. The molecule has 1 fully saturated rings. The van der Waals surface area contributed by atoms with Crippen LogP contribution in [0.25, 0.3) is 0 Å². The SMILES string of the molecule is O=C(c1ccc2c(c1)OCO2)N1CCC(C(=O)O)(n2cccn2)CC1. The van der Waals surface area contributed by atoms with Crippen molar-refractivity contribution < 1.29 is 24.2 Å². The number of nitrogens with zero attached hydrogens (tertiary/aromatic N) is 3. The second-order valence-corrected chi connectivity index (χ2v) is 6.15. The number of aliphatic carboxylic acids is 1. The number of piperidine rings is 1. The van der Waals surface area contributed by atoms with Crippen molar-refractivity contribution >= 4 is 11.9 Å². The van der Waals surface area contributed by atoms with Crippen LogP contribution < -0.4 is 9.47 Å². The largest absolute Gasteiger partial charge is 0.479 e. The third kappa shape index (κ3) is 2.50. The monoisotopic (exact) mass is 343 g/mol. The van der Waals surface area contributed by atoms with Gasteiger partial charge in [0.1, 0.15) is 0 Å². The highest BCUT2D eigenvalue weighted by molar-refractivity contribution is 5.95. The van der Waals surface area contributed by atoms with Crippen LogP contribution in [0.4, 0.5) is 0 Å². The molecule has 0 spiro atoms. The van der Waals surface area contributed by atoms with E-state index in [9.17, 15) is 14.7 Å². The van der Waals surface area contributed by atoms with Crippen molar-refractivity contribution in [1.29, 1.82) is 0 Å². The molecule has 8 nitrogen and oxygen atoms in total. The first kappa shape index (κ1) is 15.5. The molecule has 0 unspecified atom stereocenters. The number of fused-ring (bicyclic) bond motifs is 1. The van der Waals surface area contributed by atoms with E-state index in [0.29, 0.717) is 43.0 Å². The van der Waals surface area contributed by atoms with E-state index in [-0.39, 0.29) is 12.7 Å². The van der Waals surface area contributed by atoms with Crippen LogP contribution in [0.15, 0.2) is 36.7 Å². The van der Waals surface area contributed by atoms with Crippen molar-refractivity contribution in [1.82, 2.24) is 14.7 Å². The van der Waals surface area contributed by atoms with Crippen LogP contribution >= 0.6 is 0 Å². The van der Waals surface area contributed by atoms with Gasteiger partial charge in [-0.2, -0.15) is 5.10 Å². The van der Waals surface area contributed by atoms with E-state index < -0.39 is 11.5 Å². The molecule has 0 radical (unpaired) electrons. The van der Waals surface area contributed by atoms with E-state index in [2.05, 4.69) is 5.10 Å². The van der Waals surface area contributed by atoms with Gasteiger partial charge < -0.3 is 19.5 Å². The lowest BCUT2D eigenvalue weighted by atomic mass is 9.87. The Morgan fingerprint density at radius 1 is 1.16 bits per heavy atom. The summed E-state index contributed by atoms with van der Waals surface area (Å²) in [5.41, 5.74) is -0.596. The molecule has 2 aromatic rings. The van der Waals surface area contributed by atoms with E-state index in [1.165, 1.54) is 4.68 Å². The molecule has 2 aliphatic rings. The second-order valence-electron chi connectivity index (χ2n) is 6.15. The molecule has 1 amide bonds. The molecule has 1 N–H and O–H groups in total. The number of carbonyl (C=O) groups excluding carboxylic acids is 1. The minimum Gasteiger partial charge on any atom is -0.479 e. The van der Waals surface area contributed by atoms with E-state index >= 15 is 0 Å². The van der Waals surface area contributed by atoms with Gasteiger partial charge in [0.05, 0.1) is 0 Å². The Kier molecular flexibility index (Phi) is 3.60. The fourth-order valence-electron chi connectivity index (χ4n) is 3.35. The van der Waals surface area contributed by atoms with Gasteiger partial charge in [-0.25, -0.2) is 4.79 Å². The number of carboxylic acid groups (broad SMARTS) is 1. The highest BCUT2D eigenvalue weighted by Crippen LogP contribution is 2.34. The van der Waals surface area contributed by atoms with Gasteiger partial charge in [-0.05, 0) is 24.3 Å². The minimum atomic E-state index is -1.10. The van der Waals surface area contributed by atoms with Gasteiger partial charge in [0.25, 0.3) is 5.91 Å². The zero-order valence-electron chi connectivity index (χ0n) is 13.4. The third-order valence-corrected chi connectivity index (χ3v) is 4.84. The van der Waals surface area contributed by atoms with Gasteiger partial charge in [-0.3, -0.25) is 9.48 Å². The quantitative estimate of drug-likeness (QED) is 0.903. The van der Waals surface area contributed by atoms with Gasteiger partial charge in [0, 0.05) is 43.9 Å². The van der Waals surface area contributed by atoms with Gasteiger partial charge in [-0.1, -0.05) is 0 Å². The summed E-state index contributed by atoms with van der Waals surface area (Å²) in [6.45, 7) is 0.848. The van der Waals surface area contributed by atoms with Crippen molar-refractivity contribution in [3.63, 3.8) is 0 Å². The lowest BCUT2D eigenvalue weighted by molar-refractivity contribution is -0.150. The molecule has 0 saturated carbocycles. The first-order valence-corrected chi connectivity index (χ1v) is 8.03. The van der Waals surface area contributed by atoms with Crippen LogP contribution in [-0.4, -0.2) is 51.5 Å². The van der Waals surface area contributed by atoms with Gasteiger partial charge in [0.2, 0.25) is 6.79 Å². The molecule has 0 bridgehead atoms. The number of carboxylic acids is 1. The van der Waals surface area contributed by atoms with E-state index in [1.54, 1.807) is 41.6 Å². The van der Waals surface area contributed by atoms with Crippen LogP contribution in [0.1, 0.15) is 23.2 Å². The molecule has 1 saturated heterocycles. The van der Waals surface area contributed by atoms with Crippen LogP contribution in [0.2, 0.25) is 0 Å². The number of likely N-dealkylation sites (tertiary alicyclic amines) is 1. The molecule has 130 valence electrons. The molecule has 1 aromatic heterocycles. The van der Waals surface area contributed by atoms with Crippen LogP contribution in [-0.2, 0) is 10.3 Å². The summed E-state index contributed by atoms with van der Waals surface area (Å²) in [4.78, 5) is 26.3. The Bertz CT molecular complexity index is 810. The molecule has 4 rings (SSSR count). The highest BCUT2D eigenvalue weighted by atomic mass is 16.7. The number of carbonyl (C=O) groups is 2.